The number of nitrogens with zero attached hydrogens (tertiary/aromatic N) is 2. The first-order valence-corrected chi connectivity index (χ1v) is 14.7. The van der Waals surface area contributed by atoms with Gasteiger partial charge in [-0.15, -0.1) is 21.5 Å². The largest absolute Gasteiger partial charge is 0.487 e. The molecule has 1 N–H and O–H groups in total. The number of nitrogens with one attached hydrogen (secondary N) is 1. The lowest BCUT2D eigenvalue weighted by Crippen LogP contribution is -2.11. The van der Waals surface area contributed by atoms with Gasteiger partial charge in [0.15, 0.2) is 5.78 Å². The number of aryl methyl sites for hydroxylation is 1. The fourth-order valence-electron chi connectivity index (χ4n) is 3.86. The predicted octanol–water partition coefficient (Wildman–Crippen LogP) is 7.46. The molecule has 0 radical (unpaired) electrons. The third kappa shape index (κ3) is 5.18. The van der Waals surface area contributed by atoms with Crippen molar-refractivity contribution < 1.29 is 9.53 Å². The van der Waals surface area contributed by atoms with Gasteiger partial charge in [0, 0.05) is 0 Å². The molecule has 9 heteroatoms. The van der Waals surface area contributed by atoms with E-state index in [9.17, 15) is 4.79 Å². The summed E-state index contributed by atoms with van der Waals surface area (Å²) in [5.74, 6) is 0.115. The summed E-state index contributed by atoms with van der Waals surface area (Å²) in [5.41, 5.74) is 2.05. The number of thioether (sulfide) groups is 1. The van der Waals surface area contributed by atoms with Gasteiger partial charge in [-0.05, 0) is 91.7 Å². The van der Waals surface area contributed by atoms with Crippen LogP contribution in [0.15, 0.2) is 59.5 Å². The van der Waals surface area contributed by atoms with Crippen molar-refractivity contribution in [1.29, 1.82) is 5.41 Å². The quantitative estimate of drug-likeness (QED) is 0.165. The number of halogens is 2. The molecule has 1 atom stereocenters. The fraction of sp³-hybridized carbons (Fsp3) is 0.154. The molecule has 1 aliphatic rings. The van der Waals surface area contributed by atoms with Crippen molar-refractivity contribution in [2.24, 2.45) is 0 Å². The maximum absolute atomic E-state index is 13.1. The Kier molecular flexibility index (Phi) is 7.56. The van der Waals surface area contributed by atoms with Gasteiger partial charge in [-0.3, -0.25) is 10.2 Å². The Bertz CT molecular complexity index is 1470. The second-order valence-electron chi connectivity index (χ2n) is 7.90. The molecule has 3 aromatic carbocycles. The standard InChI is InChI=1S/C26H19I2N3O2S2/c1-2-21-30-31-26(35-21)22-23(32)20(34-25(22)29)12-14-10-18(27)24(19(28)11-14)33-13-16-8-5-7-15-6-3-4-9-17(15)16/h3-12,22,29H,2,13H2,1H3/b20-12-,29-25?/t22-/m0/s1. The molecule has 1 aliphatic heterocycles. The second kappa shape index (κ2) is 10.7. The Hall–Kier alpha value is -1.83. The predicted molar refractivity (Wildman–Crippen MR) is 160 cm³/mol. The van der Waals surface area contributed by atoms with E-state index >= 15 is 0 Å². The van der Waals surface area contributed by atoms with E-state index in [1.54, 1.807) is 0 Å². The molecular formula is C26H19I2N3O2S2. The lowest BCUT2D eigenvalue weighted by Gasteiger charge is -2.13. The summed E-state index contributed by atoms with van der Waals surface area (Å²) in [5, 5.41) is 20.8. The first kappa shape index (κ1) is 24.8. The molecule has 0 bridgehead atoms. The van der Waals surface area contributed by atoms with Gasteiger partial charge in [0.2, 0.25) is 0 Å². The van der Waals surface area contributed by atoms with Crippen LogP contribution in [-0.2, 0) is 17.8 Å². The number of rotatable bonds is 6. The number of Topliss-reactive ketones (excluding diaryl/α,β-unsaturated/α-hetero) is 1. The maximum Gasteiger partial charge on any atom is 0.186 e. The average Bonchev–Trinajstić information content (AvgIpc) is 3.42. The van der Waals surface area contributed by atoms with Gasteiger partial charge in [0.1, 0.15) is 28.3 Å². The lowest BCUT2D eigenvalue weighted by atomic mass is 10.0. The highest BCUT2D eigenvalue weighted by atomic mass is 127. The molecule has 0 amide bonds. The summed E-state index contributed by atoms with van der Waals surface area (Å²) >= 11 is 7.18. The van der Waals surface area contributed by atoms with Crippen molar-refractivity contribution in [3.05, 3.63) is 87.8 Å². The molecule has 4 aromatic rings. The number of ether oxygens (including phenoxy) is 1. The van der Waals surface area contributed by atoms with E-state index in [2.05, 4.69) is 85.7 Å². The van der Waals surface area contributed by atoms with Crippen LogP contribution in [0, 0.1) is 12.5 Å². The van der Waals surface area contributed by atoms with Crippen LogP contribution >= 0.6 is 68.3 Å². The third-order valence-corrected chi connectivity index (χ3v) is 9.32. The van der Waals surface area contributed by atoms with Crippen molar-refractivity contribution >= 4 is 96.0 Å². The molecule has 2 heterocycles. The van der Waals surface area contributed by atoms with Crippen LogP contribution in [0.1, 0.15) is 34.0 Å². The van der Waals surface area contributed by atoms with Crippen LogP contribution in [-0.4, -0.2) is 21.0 Å². The molecular weight excluding hydrogens is 704 g/mol. The Morgan fingerprint density at radius 1 is 1.09 bits per heavy atom. The molecule has 176 valence electrons. The van der Waals surface area contributed by atoms with Crippen LogP contribution in [0.25, 0.3) is 16.8 Å². The van der Waals surface area contributed by atoms with Crippen molar-refractivity contribution in [2.45, 2.75) is 25.9 Å². The maximum atomic E-state index is 13.1. The van der Waals surface area contributed by atoms with Gasteiger partial charge in [0.05, 0.1) is 17.1 Å². The van der Waals surface area contributed by atoms with E-state index in [0.717, 1.165) is 35.4 Å². The number of hydrogen-bond acceptors (Lipinski definition) is 7. The van der Waals surface area contributed by atoms with Crippen molar-refractivity contribution in [2.75, 3.05) is 0 Å². The van der Waals surface area contributed by atoms with Crippen LogP contribution in [0.4, 0.5) is 0 Å². The molecule has 5 nitrogen and oxygen atoms in total. The van der Waals surface area contributed by atoms with E-state index in [4.69, 9.17) is 10.1 Å². The first-order valence-electron chi connectivity index (χ1n) is 10.9. The van der Waals surface area contributed by atoms with Gasteiger partial charge in [0.25, 0.3) is 0 Å². The summed E-state index contributed by atoms with van der Waals surface area (Å²) in [6.07, 6.45) is 2.63. The van der Waals surface area contributed by atoms with Crippen LogP contribution in [0.2, 0.25) is 0 Å². The van der Waals surface area contributed by atoms with E-state index in [-0.39, 0.29) is 5.78 Å². The number of hydrogen-bond donors (Lipinski definition) is 1. The number of benzene rings is 3. The third-order valence-electron chi connectivity index (χ3n) is 5.59. The van der Waals surface area contributed by atoms with Gasteiger partial charge >= 0.3 is 0 Å². The minimum absolute atomic E-state index is 0.0832. The summed E-state index contributed by atoms with van der Waals surface area (Å²) in [6, 6.07) is 18.6. The Balaban J connectivity index is 1.36. The number of ketones is 1. The highest BCUT2D eigenvalue weighted by Gasteiger charge is 2.39. The zero-order chi connectivity index (χ0) is 24.5. The Morgan fingerprint density at radius 3 is 2.57 bits per heavy atom. The number of carbonyl (C=O) groups is 1. The van der Waals surface area contributed by atoms with Crippen molar-refractivity contribution in [1.82, 2.24) is 10.2 Å². The lowest BCUT2D eigenvalue weighted by molar-refractivity contribution is -0.114. The summed E-state index contributed by atoms with van der Waals surface area (Å²) < 4.78 is 8.20. The zero-order valence-corrected chi connectivity index (χ0v) is 24.5. The topological polar surface area (TPSA) is 75.9 Å². The average molecular weight is 723 g/mol. The van der Waals surface area contributed by atoms with E-state index in [1.165, 1.54) is 33.9 Å². The first-order chi connectivity index (χ1) is 16.9. The molecule has 35 heavy (non-hydrogen) atoms. The van der Waals surface area contributed by atoms with E-state index in [0.29, 0.717) is 21.6 Å². The number of fused-ring (bicyclic) bond motifs is 1. The highest BCUT2D eigenvalue weighted by molar-refractivity contribution is 14.1. The SMILES string of the molecule is CCc1nnc([C@@H]2C(=N)S/C(=C\c3cc(I)c(OCc4cccc5ccccc45)c(I)c3)C2=O)s1. The van der Waals surface area contributed by atoms with Crippen LogP contribution < -0.4 is 4.74 Å². The smallest absolute Gasteiger partial charge is 0.186 e. The van der Waals surface area contributed by atoms with Gasteiger partial charge in [-0.25, -0.2) is 0 Å². The number of carbonyl (C=O) groups excluding carboxylic acids is 1. The van der Waals surface area contributed by atoms with Gasteiger partial charge in [-0.2, -0.15) is 0 Å². The van der Waals surface area contributed by atoms with Gasteiger partial charge < -0.3 is 4.74 Å². The van der Waals surface area contributed by atoms with E-state index in [1.807, 2.05) is 37.3 Å². The van der Waals surface area contributed by atoms with Crippen LogP contribution in [0.3, 0.4) is 0 Å². The molecule has 1 aromatic heterocycles. The zero-order valence-electron chi connectivity index (χ0n) is 18.5. The Labute approximate surface area is 238 Å². The molecule has 0 spiro atoms. The van der Waals surface area contributed by atoms with Crippen molar-refractivity contribution in [3.8, 4) is 5.75 Å². The second-order valence-corrected chi connectivity index (χ2v) is 12.4. The normalized spacial score (nSPS) is 17.0. The monoisotopic (exact) mass is 723 g/mol. The summed E-state index contributed by atoms with van der Waals surface area (Å²) in [4.78, 5) is 13.7. The number of aromatic nitrogens is 2. The highest BCUT2D eigenvalue weighted by Crippen LogP contribution is 2.42. The van der Waals surface area contributed by atoms with Gasteiger partial charge in [-0.1, -0.05) is 61.2 Å². The van der Waals surface area contributed by atoms with Crippen molar-refractivity contribution in [3.63, 3.8) is 0 Å². The minimum Gasteiger partial charge on any atom is -0.487 e. The number of allylic oxidation sites excluding steroid dienone is 1. The van der Waals surface area contributed by atoms with E-state index < -0.39 is 5.92 Å². The molecule has 1 fully saturated rings. The molecule has 0 saturated carbocycles. The summed E-state index contributed by atoms with van der Waals surface area (Å²) in [6.45, 7) is 2.48. The molecule has 0 unspecified atom stereocenters. The fourth-order valence-corrected chi connectivity index (χ4v) is 7.94. The molecule has 0 aliphatic carbocycles. The molecule has 5 rings (SSSR count). The van der Waals surface area contributed by atoms with Crippen LogP contribution in [0.5, 0.6) is 5.75 Å². The Morgan fingerprint density at radius 2 is 1.83 bits per heavy atom. The molecule has 1 saturated heterocycles. The minimum atomic E-state index is -0.634. The summed E-state index contributed by atoms with van der Waals surface area (Å²) in [7, 11) is 0.